The van der Waals surface area contributed by atoms with E-state index in [1.807, 2.05) is 30.5 Å². The Morgan fingerprint density at radius 3 is 2.63 bits per heavy atom. The van der Waals surface area contributed by atoms with E-state index in [-0.39, 0.29) is 5.69 Å². The van der Waals surface area contributed by atoms with Crippen molar-refractivity contribution in [1.82, 2.24) is 24.1 Å². The summed E-state index contributed by atoms with van der Waals surface area (Å²) >= 11 is 0. The number of rotatable bonds is 5. The van der Waals surface area contributed by atoms with Crippen molar-refractivity contribution in [2.45, 2.75) is 32.4 Å². The molecule has 0 atom stereocenters. The van der Waals surface area contributed by atoms with Gasteiger partial charge in [-0.3, -0.25) is 9.47 Å². The third-order valence-corrected chi connectivity index (χ3v) is 5.79. The van der Waals surface area contributed by atoms with E-state index < -0.39 is 0 Å². The third-order valence-electron chi connectivity index (χ3n) is 5.79. The highest BCUT2D eigenvalue weighted by Gasteiger charge is 2.20. The van der Waals surface area contributed by atoms with E-state index in [2.05, 4.69) is 21.0 Å². The Labute approximate surface area is 173 Å². The Morgan fingerprint density at radius 1 is 1.07 bits per heavy atom. The summed E-state index contributed by atoms with van der Waals surface area (Å²) in [4.78, 5) is 23.5. The summed E-state index contributed by atoms with van der Waals surface area (Å²) in [6.07, 6.45) is 7.24. The second-order valence-electron chi connectivity index (χ2n) is 7.81. The Hall–Kier alpha value is -3.26. The Bertz CT molecular complexity index is 1240. The van der Waals surface area contributed by atoms with Crippen LogP contribution in [-0.4, -0.2) is 44.3 Å². The molecular formula is C22H25N6O2+. The van der Waals surface area contributed by atoms with Gasteiger partial charge in [-0.2, -0.15) is 0 Å². The minimum atomic E-state index is -0.188. The molecule has 1 fully saturated rings. The van der Waals surface area contributed by atoms with Crippen molar-refractivity contribution < 1.29 is 9.72 Å². The molecule has 1 aliphatic heterocycles. The van der Waals surface area contributed by atoms with Crippen molar-refractivity contribution in [3.63, 3.8) is 0 Å². The highest BCUT2D eigenvalue weighted by atomic mass is 16.5. The number of piperidine rings is 1. The zero-order valence-corrected chi connectivity index (χ0v) is 17.0. The van der Waals surface area contributed by atoms with Gasteiger partial charge in [-0.1, -0.05) is 18.6 Å². The van der Waals surface area contributed by atoms with Crippen LogP contribution in [0.15, 0.2) is 47.7 Å². The number of fused-ring (bicyclic) bond motifs is 3. The van der Waals surface area contributed by atoms with Crippen LogP contribution in [0.1, 0.15) is 30.4 Å². The Morgan fingerprint density at radius 2 is 1.87 bits per heavy atom. The zero-order valence-electron chi connectivity index (χ0n) is 17.0. The second-order valence-corrected chi connectivity index (χ2v) is 7.81. The third kappa shape index (κ3) is 3.43. The van der Waals surface area contributed by atoms with Crippen molar-refractivity contribution in [2.75, 3.05) is 20.2 Å². The Balaban J connectivity index is 1.60. The number of nitrogens with zero attached hydrogens (tertiary/aromatic N) is 5. The molecule has 1 aliphatic rings. The zero-order chi connectivity index (χ0) is 20.5. The maximum atomic E-state index is 13.2. The maximum Gasteiger partial charge on any atom is 0.423 e. The molecule has 154 valence electrons. The van der Waals surface area contributed by atoms with Crippen LogP contribution in [0.4, 0.5) is 0 Å². The van der Waals surface area contributed by atoms with Gasteiger partial charge in [0.15, 0.2) is 5.52 Å². The smallest absolute Gasteiger partial charge is 0.423 e. The van der Waals surface area contributed by atoms with Crippen molar-refractivity contribution >= 4 is 16.7 Å². The first kappa shape index (κ1) is 18.7. The highest BCUT2D eigenvalue weighted by Crippen LogP contribution is 2.19. The average molecular weight is 405 g/mol. The van der Waals surface area contributed by atoms with E-state index in [1.54, 1.807) is 11.7 Å². The summed E-state index contributed by atoms with van der Waals surface area (Å²) < 4.78 is 8.37. The molecule has 0 bridgehead atoms. The van der Waals surface area contributed by atoms with Crippen LogP contribution in [0.25, 0.3) is 16.7 Å². The predicted octanol–water partition coefficient (Wildman–Crippen LogP) is 1.90. The molecule has 1 aromatic carbocycles. The lowest BCUT2D eigenvalue weighted by atomic mass is 10.1. The van der Waals surface area contributed by atoms with E-state index in [1.165, 1.54) is 30.1 Å². The van der Waals surface area contributed by atoms with Gasteiger partial charge < -0.3 is 4.74 Å². The molecular weight excluding hydrogens is 380 g/mol. The topological polar surface area (TPSA) is 78.8 Å². The molecule has 0 unspecified atom stereocenters. The van der Waals surface area contributed by atoms with Gasteiger partial charge in [0.05, 0.1) is 19.2 Å². The van der Waals surface area contributed by atoms with Crippen molar-refractivity contribution in [2.24, 2.45) is 0 Å². The van der Waals surface area contributed by atoms with Crippen LogP contribution < -0.4 is 15.4 Å². The van der Waals surface area contributed by atoms with E-state index in [0.717, 1.165) is 47.5 Å². The summed E-state index contributed by atoms with van der Waals surface area (Å²) in [6.45, 7) is 3.52. The van der Waals surface area contributed by atoms with Gasteiger partial charge >= 0.3 is 5.69 Å². The molecule has 1 N–H and O–H groups in total. The maximum absolute atomic E-state index is 13.2. The molecule has 0 aliphatic carbocycles. The SMILES string of the molecule is COc1ccc(Cn2c(=O)n3nc[nH+]c3c3ncc(CN4CCCCC4)cc32)cc1. The normalized spacial score (nSPS) is 15.1. The number of pyridine rings is 1. The largest absolute Gasteiger partial charge is 0.497 e. The van der Waals surface area contributed by atoms with Crippen LogP contribution in [0.5, 0.6) is 5.75 Å². The van der Waals surface area contributed by atoms with Crippen LogP contribution in [0.2, 0.25) is 0 Å². The number of H-pyrrole nitrogens is 1. The highest BCUT2D eigenvalue weighted by molar-refractivity contribution is 5.85. The molecule has 30 heavy (non-hydrogen) atoms. The summed E-state index contributed by atoms with van der Waals surface area (Å²) in [6, 6.07) is 9.86. The van der Waals surface area contributed by atoms with E-state index in [0.29, 0.717) is 12.2 Å². The lowest BCUT2D eigenvalue weighted by Gasteiger charge is -2.26. The predicted molar refractivity (Wildman–Crippen MR) is 113 cm³/mol. The number of methoxy groups -OCH3 is 1. The lowest BCUT2D eigenvalue weighted by molar-refractivity contribution is -0.345. The first-order chi connectivity index (χ1) is 14.7. The number of hydrogen-bond acceptors (Lipinski definition) is 5. The average Bonchev–Trinajstić information content (AvgIpc) is 3.28. The first-order valence-corrected chi connectivity index (χ1v) is 10.3. The molecule has 0 saturated carbocycles. The number of benzene rings is 1. The standard InChI is InChI=1S/C22H24N6O2/c1-30-18-7-5-16(6-8-18)14-27-19-11-17(13-26-9-3-2-4-10-26)12-23-20(19)21-24-15-25-28(21)22(27)29/h5-8,11-12,15H,2-4,9-10,13-14H2,1H3/p+1. The fourth-order valence-electron chi connectivity index (χ4n) is 4.21. The summed E-state index contributed by atoms with van der Waals surface area (Å²) in [5, 5.41) is 4.17. The van der Waals surface area contributed by atoms with Crippen LogP contribution in [0, 0.1) is 0 Å². The molecule has 3 aromatic heterocycles. The monoisotopic (exact) mass is 405 g/mol. The van der Waals surface area contributed by atoms with E-state index in [4.69, 9.17) is 9.72 Å². The number of hydrogen-bond donors (Lipinski definition) is 0. The van der Waals surface area contributed by atoms with Crippen molar-refractivity contribution in [3.8, 4) is 5.75 Å². The number of ether oxygens (including phenoxy) is 1. The molecule has 1 saturated heterocycles. The van der Waals surface area contributed by atoms with Crippen LogP contribution in [-0.2, 0) is 13.1 Å². The summed E-state index contributed by atoms with van der Waals surface area (Å²) in [7, 11) is 1.64. The number of aromatic nitrogens is 5. The van der Waals surface area contributed by atoms with Gasteiger partial charge in [0, 0.05) is 17.8 Å². The molecule has 4 heterocycles. The van der Waals surface area contributed by atoms with E-state index >= 15 is 0 Å². The Kier molecular flexibility index (Phi) is 4.92. The first-order valence-electron chi connectivity index (χ1n) is 10.3. The van der Waals surface area contributed by atoms with Gasteiger partial charge in [-0.25, -0.2) is 14.8 Å². The second kappa shape index (κ2) is 7.87. The number of nitrogens with one attached hydrogen (secondary N) is 1. The van der Waals surface area contributed by atoms with Crippen LogP contribution in [0.3, 0.4) is 0 Å². The molecule has 0 amide bonds. The van der Waals surface area contributed by atoms with Gasteiger partial charge in [-0.05, 0) is 59.8 Å². The quantitative estimate of drug-likeness (QED) is 0.507. The fraction of sp³-hybridized carbons (Fsp3) is 0.364. The van der Waals surface area contributed by atoms with Crippen LogP contribution >= 0.6 is 0 Å². The van der Waals surface area contributed by atoms with Crippen molar-refractivity contribution in [3.05, 3.63) is 64.5 Å². The number of aromatic amines is 1. The summed E-state index contributed by atoms with van der Waals surface area (Å²) in [5.41, 5.74) is 4.11. The molecule has 0 radical (unpaired) electrons. The van der Waals surface area contributed by atoms with Crippen molar-refractivity contribution in [1.29, 1.82) is 0 Å². The number of likely N-dealkylation sites (tertiary alicyclic amines) is 1. The molecule has 0 spiro atoms. The minimum Gasteiger partial charge on any atom is -0.497 e. The molecule has 8 heteroatoms. The lowest BCUT2D eigenvalue weighted by Crippen LogP contribution is -2.30. The van der Waals surface area contributed by atoms with Gasteiger partial charge in [0.2, 0.25) is 0 Å². The van der Waals surface area contributed by atoms with Gasteiger partial charge in [0.1, 0.15) is 5.75 Å². The molecule has 8 nitrogen and oxygen atoms in total. The molecule has 4 aromatic rings. The molecule has 5 rings (SSSR count). The van der Waals surface area contributed by atoms with E-state index in [9.17, 15) is 4.79 Å². The van der Waals surface area contributed by atoms with Gasteiger partial charge in [0.25, 0.3) is 12.0 Å². The summed E-state index contributed by atoms with van der Waals surface area (Å²) in [5.74, 6) is 0.790. The minimum absolute atomic E-state index is 0.188. The van der Waals surface area contributed by atoms with Gasteiger partial charge in [-0.15, -0.1) is 0 Å². The fourth-order valence-corrected chi connectivity index (χ4v) is 4.21.